The number of aliphatic carboxylic acids is 1. The topological polar surface area (TPSA) is 78.6 Å². The average Bonchev–Trinajstić information content (AvgIpc) is 2.68. The Morgan fingerprint density at radius 1 is 1.55 bits per heavy atom. The second-order valence-electron chi connectivity index (χ2n) is 5.23. The number of hydrogen-bond donors (Lipinski definition) is 2. The first kappa shape index (κ1) is 15.3. The number of carboxylic acid groups (broad SMARTS) is 1. The van der Waals surface area contributed by atoms with Gasteiger partial charge in [-0.3, -0.25) is 14.4 Å². The molecule has 20 heavy (non-hydrogen) atoms. The van der Waals surface area contributed by atoms with Gasteiger partial charge >= 0.3 is 5.97 Å². The van der Waals surface area contributed by atoms with Gasteiger partial charge in [0.05, 0.1) is 17.7 Å². The van der Waals surface area contributed by atoms with Crippen LogP contribution in [0.1, 0.15) is 24.6 Å². The van der Waals surface area contributed by atoms with Crippen LogP contribution in [0, 0.1) is 5.92 Å². The van der Waals surface area contributed by atoms with Crippen LogP contribution in [-0.4, -0.2) is 50.1 Å². The van der Waals surface area contributed by atoms with Crippen LogP contribution in [0.5, 0.6) is 0 Å². The van der Waals surface area contributed by atoms with Crippen molar-refractivity contribution in [3.8, 4) is 0 Å². The molecule has 2 atom stereocenters. The van der Waals surface area contributed by atoms with Crippen LogP contribution in [-0.2, 0) is 24.8 Å². The maximum absolute atomic E-state index is 11.1. The molecule has 0 spiro atoms. The summed E-state index contributed by atoms with van der Waals surface area (Å²) in [6, 6.07) is 0. The number of aliphatic hydroxyl groups excluding tert-OH is 1. The van der Waals surface area contributed by atoms with Gasteiger partial charge in [0.25, 0.3) is 0 Å². The molecule has 112 valence electrons. The van der Waals surface area contributed by atoms with Crippen LogP contribution in [0.15, 0.2) is 0 Å². The Balaban J connectivity index is 2.12. The lowest BCUT2D eigenvalue weighted by molar-refractivity contribution is -0.149. The standard InChI is InChI=1S/C13H20ClN3O3/c1-3-10-8(12(14)16(2)15-10)6-17-5-4-11(18)9(7-17)13(19)20/h9,11,18H,3-7H2,1-2H3,(H,19,20)/t9-,11+/m1/s1. The van der Waals surface area contributed by atoms with Gasteiger partial charge in [-0.15, -0.1) is 0 Å². The second kappa shape index (κ2) is 6.11. The van der Waals surface area contributed by atoms with E-state index in [4.69, 9.17) is 16.7 Å². The molecule has 6 nitrogen and oxygen atoms in total. The highest BCUT2D eigenvalue weighted by atomic mass is 35.5. The first-order chi connectivity index (χ1) is 9.43. The van der Waals surface area contributed by atoms with E-state index < -0.39 is 18.0 Å². The Hall–Kier alpha value is -1.11. The minimum absolute atomic E-state index is 0.338. The van der Waals surface area contributed by atoms with E-state index in [0.717, 1.165) is 17.7 Å². The smallest absolute Gasteiger partial charge is 0.310 e. The molecule has 2 N–H and O–H groups in total. The molecule has 0 saturated carbocycles. The molecule has 0 radical (unpaired) electrons. The van der Waals surface area contributed by atoms with Crippen LogP contribution >= 0.6 is 11.6 Å². The third-order valence-electron chi connectivity index (χ3n) is 3.85. The minimum atomic E-state index is -0.949. The summed E-state index contributed by atoms with van der Waals surface area (Å²) in [6.45, 7) is 3.60. The van der Waals surface area contributed by atoms with E-state index in [2.05, 4.69) is 5.10 Å². The number of carboxylic acids is 1. The molecule has 0 amide bonds. The monoisotopic (exact) mass is 301 g/mol. The molecule has 2 heterocycles. The molecule has 0 bridgehead atoms. The Morgan fingerprint density at radius 2 is 2.25 bits per heavy atom. The van der Waals surface area contributed by atoms with Gasteiger partial charge in [0.1, 0.15) is 5.15 Å². The number of piperidine rings is 1. The lowest BCUT2D eigenvalue weighted by atomic mass is 9.94. The van der Waals surface area contributed by atoms with Crippen molar-refractivity contribution in [2.24, 2.45) is 13.0 Å². The Bertz CT molecular complexity index is 503. The van der Waals surface area contributed by atoms with Crippen LogP contribution in [0.2, 0.25) is 5.15 Å². The number of aromatic nitrogens is 2. The van der Waals surface area contributed by atoms with Crippen molar-refractivity contribution in [1.29, 1.82) is 0 Å². The molecule has 1 aliphatic heterocycles. The average molecular weight is 302 g/mol. The summed E-state index contributed by atoms with van der Waals surface area (Å²) in [4.78, 5) is 13.1. The molecular formula is C13H20ClN3O3. The Morgan fingerprint density at radius 3 is 2.85 bits per heavy atom. The summed E-state index contributed by atoms with van der Waals surface area (Å²) >= 11 is 6.25. The van der Waals surface area contributed by atoms with E-state index in [9.17, 15) is 9.90 Å². The summed E-state index contributed by atoms with van der Waals surface area (Å²) in [5.74, 6) is -1.68. The Kier molecular flexibility index (Phi) is 4.67. The van der Waals surface area contributed by atoms with Crippen molar-refractivity contribution in [2.75, 3.05) is 13.1 Å². The molecule has 1 aliphatic rings. The van der Waals surface area contributed by atoms with Gasteiger partial charge in [-0.25, -0.2) is 0 Å². The van der Waals surface area contributed by atoms with Crippen molar-refractivity contribution >= 4 is 17.6 Å². The quantitative estimate of drug-likeness (QED) is 0.864. The van der Waals surface area contributed by atoms with E-state index in [-0.39, 0.29) is 0 Å². The number of hydrogen-bond acceptors (Lipinski definition) is 4. The van der Waals surface area contributed by atoms with Gasteiger partial charge in [0.15, 0.2) is 0 Å². The number of rotatable bonds is 4. The molecule has 1 aromatic rings. The van der Waals surface area contributed by atoms with E-state index in [1.165, 1.54) is 0 Å². The molecule has 7 heteroatoms. The molecule has 1 aromatic heterocycles. The number of likely N-dealkylation sites (tertiary alicyclic amines) is 1. The molecule has 1 saturated heterocycles. The summed E-state index contributed by atoms with van der Waals surface area (Å²) in [7, 11) is 1.80. The predicted octanol–water partition coefficient (Wildman–Crippen LogP) is 0.903. The Labute approximate surface area is 122 Å². The molecule has 1 fully saturated rings. The lowest BCUT2D eigenvalue weighted by Gasteiger charge is -2.33. The minimum Gasteiger partial charge on any atom is -0.481 e. The van der Waals surface area contributed by atoms with Gasteiger partial charge in [-0.2, -0.15) is 5.10 Å². The van der Waals surface area contributed by atoms with Crippen molar-refractivity contribution in [3.05, 3.63) is 16.4 Å². The van der Waals surface area contributed by atoms with Crippen LogP contribution in [0.25, 0.3) is 0 Å². The van der Waals surface area contributed by atoms with Crippen molar-refractivity contribution in [2.45, 2.75) is 32.4 Å². The number of aliphatic hydroxyl groups is 1. The summed E-state index contributed by atoms with van der Waals surface area (Å²) in [5, 5.41) is 23.8. The largest absolute Gasteiger partial charge is 0.481 e. The highest BCUT2D eigenvalue weighted by Crippen LogP contribution is 2.25. The third kappa shape index (κ3) is 2.97. The number of halogens is 1. The van der Waals surface area contributed by atoms with Gasteiger partial charge in [-0.05, 0) is 12.8 Å². The van der Waals surface area contributed by atoms with Gasteiger partial charge in [0, 0.05) is 32.2 Å². The van der Waals surface area contributed by atoms with Gasteiger partial charge in [-0.1, -0.05) is 18.5 Å². The molecular weight excluding hydrogens is 282 g/mol. The van der Waals surface area contributed by atoms with E-state index in [1.807, 2.05) is 11.8 Å². The van der Waals surface area contributed by atoms with E-state index in [0.29, 0.717) is 31.2 Å². The fourth-order valence-corrected chi connectivity index (χ4v) is 2.86. The maximum Gasteiger partial charge on any atom is 0.310 e. The molecule has 0 aromatic carbocycles. The first-order valence-corrected chi connectivity index (χ1v) is 7.15. The van der Waals surface area contributed by atoms with Crippen LogP contribution < -0.4 is 0 Å². The van der Waals surface area contributed by atoms with Crippen molar-refractivity contribution in [1.82, 2.24) is 14.7 Å². The number of nitrogens with zero attached hydrogens (tertiary/aromatic N) is 3. The maximum atomic E-state index is 11.1. The number of carbonyl (C=O) groups is 1. The van der Waals surface area contributed by atoms with Crippen LogP contribution in [0.4, 0.5) is 0 Å². The zero-order valence-corrected chi connectivity index (χ0v) is 12.5. The summed E-state index contributed by atoms with van der Waals surface area (Å²) in [5.41, 5.74) is 1.90. The van der Waals surface area contributed by atoms with Gasteiger partial charge < -0.3 is 10.2 Å². The van der Waals surface area contributed by atoms with E-state index in [1.54, 1.807) is 11.7 Å². The van der Waals surface area contributed by atoms with Crippen molar-refractivity contribution in [3.63, 3.8) is 0 Å². The predicted molar refractivity (Wildman–Crippen MR) is 74.6 cm³/mol. The molecule has 0 unspecified atom stereocenters. The fraction of sp³-hybridized carbons (Fsp3) is 0.692. The van der Waals surface area contributed by atoms with Crippen molar-refractivity contribution < 1.29 is 15.0 Å². The highest BCUT2D eigenvalue weighted by Gasteiger charge is 2.33. The van der Waals surface area contributed by atoms with Gasteiger partial charge in [0.2, 0.25) is 0 Å². The zero-order valence-electron chi connectivity index (χ0n) is 11.7. The normalized spacial score (nSPS) is 24.0. The summed E-state index contributed by atoms with van der Waals surface area (Å²) in [6.07, 6.45) is 0.490. The van der Waals surface area contributed by atoms with E-state index >= 15 is 0 Å². The lowest BCUT2D eigenvalue weighted by Crippen LogP contribution is -2.46. The highest BCUT2D eigenvalue weighted by molar-refractivity contribution is 6.30. The molecule has 2 rings (SSSR count). The fourth-order valence-electron chi connectivity index (χ4n) is 2.66. The SMILES string of the molecule is CCc1nn(C)c(Cl)c1CN1CC[C@H](O)[C@H](C(=O)O)C1. The van der Waals surface area contributed by atoms with Crippen LogP contribution in [0.3, 0.4) is 0 Å². The third-order valence-corrected chi connectivity index (χ3v) is 4.32. The second-order valence-corrected chi connectivity index (χ2v) is 5.59. The summed E-state index contributed by atoms with van der Waals surface area (Å²) < 4.78 is 1.64. The first-order valence-electron chi connectivity index (χ1n) is 6.77. The number of aryl methyl sites for hydroxylation is 2. The zero-order chi connectivity index (χ0) is 14.9. The molecule has 0 aliphatic carbocycles.